The monoisotopic (exact) mass is 438 g/mol. The Morgan fingerprint density at radius 2 is 2.00 bits per heavy atom. The zero-order valence-electron chi connectivity index (χ0n) is 13.8. The molecule has 1 aliphatic rings. The van der Waals surface area contributed by atoms with E-state index in [4.69, 9.17) is 10.5 Å². The summed E-state index contributed by atoms with van der Waals surface area (Å²) in [5.74, 6) is 0.995. The van der Waals surface area contributed by atoms with Crippen LogP contribution in [0.3, 0.4) is 0 Å². The molecule has 6 heteroatoms. The molecule has 3 rings (SSSR count). The predicted molar refractivity (Wildman–Crippen MR) is 108 cm³/mol. The average Bonchev–Trinajstić information content (AvgIpc) is 2.60. The molecule has 0 fully saturated rings. The molecule has 0 radical (unpaired) electrons. The van der Waals surface area contributed by atoms with Crippen molar-refractivity contribution in [1.82, 2.24) is 4.98 Å². The maximum atomic E-state index is 6.04. The minimum atomic E-state index is 0. The zero-order chi connectivity index (χ0) is 16.1. The van der Waals surface area contributed by atoms with Crippen molar-refractivity contribution < 1.29 is 4.74 Å². The molecule has 1 aliphatic carbocycles. The van der Waals surface area contributed by atoms with Crippen LogP contribution in [-0.4, -0.2) is 18.1 Å². The second-order valence-electron chi connectivity index (χ2n) is 5.65. The van der Waals surface area contributed by atoms with Gasteiger partial charge in [-0.25, -0.2) is 9.98 Å². The predicted octanol–water partition coefficient (Wildman–Crippen LogP) is 3.51. The standard InChI is InChI=1S/C18H22N4O.HI/c1-23-17-11-5-8-14(21-17)12-20-18(19)22-16-10-4-7-13-6-2-3-9-15(13)16;/h4-5,7-8,10-11H,2-3,6,9,12H2,1H3,(H3,19,20,22);1H. The highest BCUT2D eigenvalue weighted by Gasteiger charge is 2.13. The minimum Gasteiger partial charge on any atom is -0.481 e. The largest absolute Gasteiger partial charge is 0.481 e. The SMILES string of the molecule is COc1cccc(CN=C(N)Nc2cccc3c2CCCC3)n1.I. The molecule has 0 aliphatic heterocycles. The number of nitrogens with zero attached hydrogens (tertiary/aromatic N) is 2. The van der Waals surface area contributed by atoms with Gasteiger partial charge in [0.2, 0.25) is 5.88 Å². The summed E-state index contributed by atoms with van der Waals surface area (Å²) in [7, 11) is 1.60. The Morgan fingerprint density at radius 3 is 2.83 bits per heavy atom. The molecule has 2 aromatic rings. The highest BCUT2D eigenvalue weighted by Crippen LogP contribution is 2.27. The summed E-state index contributed by atoms with van der Waals surface area (Å²) in [5, 5.41) is 3.24. The molecule has 5 nitrogen and oxygen atoms in total. The average molecular weight is 438 g/mol. The molecule has 0 saturated heterocycles. The number of pyridine rings is 1. The Bertz CT molecular complexity index is 718. The van der Waals surface area contributed by atoms with E-state index >= 15 is 0 Å². The molecule has 0 saturated carbocycles. The molecule has 24 heavy (non-hydrogen) atoms. The van der Waals surface area contributed by atoms with Gasteiger partial charge in [-0.15, -0.1) is 24.0 Å². The smallest absolute Gasteiger partial charge is 0.213 e. The van der Waals surface area contributed by atoms with Crippen molar-refractivity contribution in [2.75, 3.05) is 12.4 Å². The molecule has 0 spiro atoms. The number of aryl methyl sites for hydroxylation is 1. The second kappa shape index (κ2) is 8.86. The van der Waals surface area contributed by atoms with Crippen LogP contribution in [0, 0.1) is 0 Å². The first-order valence-electron chi connectivity index (χ1n) is 7.94. The Morgan fingerprint density at radius 1 is 1.21 bits per heavy atom. The summed E-state index contributed by atoms with van der Waals surface area (Å²) >= 11 is 0. The van der Waals surface area contributed by atoms with Gasteiger partial charge in [0.25, 0.3) is 0 Å². The van der Waals surface area contributed by atoms with Gasteiger partial charge in [0.1, 0.15) is 0 Å². The Hall–Kier alpha value is -1.83. The quantitative estimate of drug-likeness (QED) is 0.436. The molecular formula is C18H23IN4O. The van der Waals surface area contributed by atoms with E-state index in [0.29, 0.717) is 18.4 Å². The summed E-state index contributed by atoms with van der Waals surface area (Å²) in [6.07, 6.45) is 4.75. The van der Waals surface area contributed by atoms with Crippen molar-refractivity contribution in [1.29, 1.82) is 0 Å². The fourth-order valence-corrected chi connectivity index (χ4v) is 2.90. The van der Waals surface area contributed by atoms with Crippen LogP contribution >= 0.6 is 24.0 Å². The third-order valence-electron chi connectivity index (χ3n) is 4.06. The number of ether oxygens (including phenoxy) is 1. The molecule has 3 N–H and O–H groups in total. The van der Waals surface area contributed by atoms with Crippen molar-refractivity contribution in [3.63, 3.8) is 0 Å². The third-order valence-corrected chi connectivity index (χ3v) is 4.06. The van der Waals surface area contributed by atoms with Gasteiger partial charge in [-0.05, 0) is 48.9 Å². The molecule has 1 aromatic heterocycles. The Balaban J connectivity index is 0.00000208. The lowest BCUT2D eigenvalue weighted by Crippen LogP contribution is -2.24. The normalized spacial score (nSPS) is 13.6. The lowest BCUT2D eigenvalue weighted by molar-refractivity contribution is 0.396. The number of aromatic nitrogens is 1. The first-order valence-corrected chi connectivity index (χ1v) is 7.94. The van der Waals surface area contributed by atoms with Crippen LogP contribution in [0.5, 0.6) is 5.88 Å². The van der Waals surface area contributed by atoms with Crippen molar-refractivity contribution in [2.24, 2.45) is 10.7 Å². The van der Waals surface area contributed by atoms with Gasteiger partial charge in [0, 0.05) is 11.8 Å². The summed E-state index contributed by atoms with van der Waals surface area (Å²) in [4.78, 5) is 8.71. The maximum Gasteiger partial charge on any atom is 0.213 e. The number of guanidine groups is 1. The summed E-state index contributed by atoms with van der Waals surface area (Å²) < 4.78 is 5.11. The van der Waals surface area contributed by atoms with Gasteiger partial charge in [-0.2, -0.15) is 0 Å². The zero-order valence-corrected chi connectivity index (χ0v) is 16.1. The van der Waals surface area contributed by atoms with Crippen molar-refractivity contribution in [3.05, 3.63) is 53.2 Å². The summed E-state index contributed by atoms with van der Waals surface area (Å²) in [5.41, 5.74) is 10.7. The topological polar surface area (TPSA) is 72.5 Å². The van der Waals surface area contributed by atoms with Crippen LogP contribution in [-0.2, 0) is 19.4 Å². The highest BCUT2D eigenvalue weighted by molar-refractivity contribution is 14.0. The van der Waals surface area contributed by atoms with E-state index in [-0.39, 0.29) is 24.0 Å². The fourth-order valence-electron chi connectivity index (χ4n) is 2.90. The highest BCUT2D eigenvalue weighted by atomic mass is 127. The van der Waals surface area contributed by atoms with Gasteiger partial charge in [-0.1, -0.05) is 18.2 Å². The number of hydrogen-bond donors (Lipinski definition) is 2. The number of hydrogen-bond acceptors (Lipinski definition) is 3. The molecule has 1 aromatic carbocycles. The van der Waals surface area contributed by atoms with Gasteiger partial charge >= 0.3 is 0 Å². The van der Waals surface area contributed by atoms with Gasteiger partial charge < -0.3 is 15.8 Å². The lowest BCUT2D eigenvalue weighted by atomic mass is 9.90. The summed E-state index contributed by atoms with van der Waals surface area (Å²) in [6, 6.07) is 12.0. The number of fused-ring (bicyclic) bond motifs is 1. The lowest BCUT2D eigenvalue weighted by Gasteiger charge is -2.19. The molecule has 0 atom stereocenters. The van der Waals surface area contributed by atoms with Gasteiger partial charge in [-0.3, -0.25) is 0 Å². The van der Waals surface area contributed by atoms with Crippen molar-refractivity contribution in [2.45, 2.75) is 32.2 Å². The minimum absolute atomic E-state index is 0. The number of benzene rings is 1. The van der Waals surface area contributed by atoms with Crippen LogP contribution < -0.4 is 15.8 Å². The van der Waals surface area contributed by atoms with E-state index in [9.17, 15) is 0 Å². The van der Waals surface area contributed by atoms with Crippen molar-refractivity contribution >= 4 is 35.6 Å². The van der Waals surface area contributed by atoms with Crippen molar-refractivity contribution in [3.8, 4) is 5.88 Å². The van der Waals surface area contributed by atoms with E-state index in [2.05, 4.69) is 33.5 Å². The number of aliphatic imine (C=N–C) groups is 1. The van der Waals surface area contributed by atoms with Crippen LogP contribution in [0.2, 0.25) is 0 Å². The Kier molecular flexibility index (Phi) is 6.84. The summed E-state index contributed by atoms with van der Waals surface area (Å²) in [6.45, 7) is 0.422. The van der Waals surface area contributed by atoms with E-state index in [1.807, 2.05) is 18.2 Å². The van der Waals surface area contributed by atoms with Crippen LogP contribution in [0.25, 0.3) is 0 Å². The van der Waals surface area contributed by atoms with Crippen LogP contribution in [0.15, 0.2) is 41.4 Å². The van der Waals surface area contributed by atoms with Gasteiger partial charge in [0.05, 0.1) is 19.3 Å². The molecule has 0 amide bonds. The number of anilines is 1. The molecule has 128 valence electrons. The number of halogens is 1. The number of methoxy groups -OCH3 is 1. The molecule has 0 bridgehead atoms. The number of rotatable bonds is 4. The third kappa shape index (κ3) is 4.59. The second-order valence-corrected chi connectivity index (χ2v) is 5.65. The van der Waals surface area contributed by atoms with E-state index in [1.165, 1.54) is 24.0 Å². The molecular weight excluding hydrogens is 415 g/mol. The number of nitrogens with one attached hydrogen (secondary N) is 1. The van der Waals surface area contributed by atoms with Crippen LogP contribution in [0.1, 0.15) is 29.7 Å². The van der Waals surface area contributed by atoms with E-state index < -0.39 is 0 Å². The molecule has 1 heterocycles. The van der Waals surface area contributed by atoms with Crippen LogP contribution in [0.4, 0.5) is 5.69 Å². The fraction of sp³-hybridized carbons (Fsp3) is 0.333. The Labute approximate surface area is 159 Å². The maximum absolute atomic E-state index is 6.04. The van der Waals surface area contributed by atoms with E-state index in [1.54, 1.807) is 7.11 Å². The van der Waals surface area contributed by atoms with E-state index in [0.717, 1.165) is 24.2 Å². The molecule has 0 unspecified atom stereocenters. The number of nitrogens with two attached hydrogens (primary N) is 1. The first-order chi connectivity index (χ1) is 11.3. The van der Waals surface area contributed by atoms with Gasteiger partial charge in [0.15, 0.2) is 5.96 Å². The first kappa shape index (κ1) is 18.5.